The van der Waals surface area contributed by atoms with Gasteiger partial charge in [-0.2, -0.15) is 4.91 Å². The van der Waals surface area contributed by atoms with Gasteiger partial charge in [0.15, 0.2) is 11.5 Å². The van der Waals surface area contributed by atoms with Crippen LogP contribution < -0.4 is 4.74 Å². The number of nitroso groups, excluding NO2 is 1. The van der Waals surface area contributed by atoms with Crippen molar-refractivity contribution in [3.05, 3.63) is 63.6 Å². The summed E-state index contributed by atoms with van der Waals surface area (Å²) >= 11 is 0. The molecule has 0 spiro atoms. The Kier molecular flexibility index (Phi) is 6.32. The molecule has 6 nitrogen and oxygen atoms in total. The largest absolute Gasteiger partial charge is 0.504 e. The van der Waals surface area contributed by atoms with Crippen LogP contribution in [0.15, 0.2) is 46.7 Å². The van der Waals surface area contributed by atoms with Crippen LogP contribution in [0.4, 0.5) is 0 Å². The van der Waals surface area contributed by atoms with Crippen molar-refractivity contribution in [3.63, 3.8) is 0 Å². The summed E-state index contributed by atoms with van der Waals surface area (Å²) in [4.78, 5) is 17.5. The van der Waals surface area contributed by atoms with E-state index in [1.165, 1.54) is 11.1 Å². The molecule has 1 N–H and O–H groups in total. The first-order chi connectivity index (χ1) is 16.9. The third-order valence-electron chi connectivity index (χ3n) is 9.06. The summed E-state index contributed by atoms with van der Waals surface area (Å²) in [6.07, 6.45) is 4.67. The Morgan fingerprint density at radius 2 is 1.91 bits per heavy atom. The molecule has 0 saturated heterocycles. The van der Waals surface area contributed by atoms with Crippen molar-refractivity contribution in [3.8, 4) is 11.5 Å². The quantitative estimate of drug-likeness (QED) is 0.363. The average Bonchev–Trinajstić information content (AvgIpc) is 3.20. The molecule has 2 aromatic carbocycles. The van der Waals surface area contributed by atoms with E-state index in [1.54, 1.807) is 13.2 Å². The fourth-order valence-electron chi connectivity index (χ4n) is 7.01. The van der Waals surface area contributed by atoms with Crippen LogP contribution in [-0.2, 0) is 11.4 Å². The molecule has 0 aromatic heterocycles. The van der Waals surface area contributed by atoms with Crippen LogP contribution in [0.2, 0.25) is 0 Å². The van der Waals surface area contributed by atoms with Gasteiger partial charge in [0.05, 0.1) is 18.9 Å². The molecule has 0 bridgehead atoms. The zero-order valence-electron chi connectivity index (χ0n) is 21.2. The van der Waals surface area contributed by atoms with Crippen molar-refractivity contribution in [2.45, 2.75) is 77.4 Å². The number of nitrogens with zero attached hydrogens (tertiary/aromatic N) is 2. The molecule has 0 amide bonds. The van der Waals surface area contributed by atoms with Crippen LogP contribution in [0.25, 0.3) is 0 Å². The first kappa shape index (κ1) is 23.8. The number of hydrogen-bond donors (Lipinski definition) is 1. The van der Waals surface area contributed by atoms with Gasteiger partial charge in [-0.05, 0) is 90.0 Å². The summed E-state index contributed by atoms with van der Waals surface area (Å²) in [5, 5.41) is 18.7. The SMILES string of the molecule is COc1cc2c(cc1O)C(=NOCc1ccc(C(C)C)cc1)C[C@@H]1[C@@H]2CC[C@]2(C)C(N=O)CC[C@@H]12. The molecule has 3 aliphatic carbocycles. The summed E-state index contributed by atoms with van der Waals surface area (Å²) in [5.41, 5.74) is 5.31. The molecule has 3 aliphatic rings. The average molecular weight is 477 g/mol. The standard InChI is InChI=1S/C29H36N2O4/c1-17(2)19-7-5-18(6-8-19)16-35-31-25-13-22-20(21-15-27(34-4)26(32)14-23(21)25)11-12-29(3)24(22)9-10-28(29)30-33/h5-8,14-15,17,20,22,24,28,32H,9-13,16H2,1-4H3/t20-,22-,24+,28?,29+/m1/s1. The maximum atomic E-state index is 11.6. The second-order valence-electron chi connectivity index (χ2n) is 11.1. The lowest BCUT2D eigenvalue weighted by atomic mass is 9.55. The fraction of sp³-hybridized carbons (Fsp3) is 0.552. The molecule has 0 aliphatic heterocycles. The van der Waals surface area contributed by atoms with Gasteiger partial charge in [0.1, 0.15) is 6.61 Å². The number of phenolic OH excluding ortho intramolecular Hbond substituents is 1. The van der Waals surface area contributed by atoms with Crippen molar-refractivity contribution in [2.24, 2.45) is 27.6 Å². The van der Waals surface area contributed by atoms with E-state index in [1.807, 2.05) is 6.07 Å². The summed E-state index contributed by atoms with van der Waals surface area (Å²) in [5.74, 6) is 2.24. The predicted octanol–water partition coefficient (Wildman–Crippen LogP) is 6.89. The maximum absolute atomic E-state index is 11.6. The van der Waals surface area contributed by atoms with Crippen molar-refractivity contribution in [2.75, 3.05) is 7.11 Å². The van der Waals surface area contributed by atoms with E-state index in [0.29, 0.717) is 36.0 Å². The number of rotatable bonds is 6. The molecule has 2 saturated carbocycles. The lowest BCUT2D eigenvalue weighted by molar-refractivity contribution is 0.0591. The lowest BCUT2D eigenvalue weighted by Gasteiger charge is -2.49. The number of hydrogen-bond acceptors (Lipinski definition) is 6. The van der Waals surface area contributed by atoms with Gasteiger partial charge in [0.25, 0.3) is 0 Å². The smallest absolute Gasteiger partial charge is 0.160 e. The van der Waals surface area contributed by atoms with Gasteiger partial charge in [0, 0.05) is 5.56 Å². The number of phenols is 1. The Hall–Kier alpha value is -2.89. The Morgan fingerprint density at radius 1 is 1.14 bits per heavy atom. The second kappa shape index (κ2) is 9.29. The number of ether oxygens (including phenoxy) is 1. The minimum atomic E-state index is -0.102. The number of oxime groups is 1. The third kappa shape index (κ3) is 4.11. The Balaban J connectivity index is 1.45. The van der Waals surface area contributed by atoms with E-state index in [9.17, 15) is 10.0 Å². The molecule has 35 heavy (non-hydrogen) atoms. The van der Waals surface area contributed by atoms with Gasteiger partial charge in [-0.3, -0.25) is 0 Å². The number of aromatic hydroxyl groups is 1. The van der Waals surface area contributed by atoms with Crippen molar-refractivity contribution >= 4 is 5.71 Å². The highest BCUT2D eigenvalue weighted by Gasteiger charge is 2.56. The van der Waals surface area contributed by atoms with Crippen LogP contribution >= 0.6 is 0 Å². The monoisotopic (exact) mass is 476 g/mol. The minimum Gasteiger partial charge on any atom is -0.504 e. The molecule has 5 atom stereocenters. The van der Waals surface area contributed by atoms with Crippen LogP contribution in [0, 0.1) is 22.2 Å². The van der Waals surface area contributed by atoms with Gasteiger partial charge in [-0.15, -0.1) is 0 Å². The van der Waals surface area contributed by atoms with E-state index >= 15 is 0 Å². The summed E-state index contributed by atoms with van der Waals surface area (Å²) < 4.78 is 5.45. The number of fused-ring (bicyclic) bond motifs is 5. The van der Waals surface area contributed by atoms with Gasteiger partial charge in [0.2, 0.25) is 0 Å². The molecule has 1 unspecified atom stereocenters. The van der Waals surface area contributed by atoms with Gasteiger partial charge >= 0.3 is 0 Å². The first-order valence-electron chi connectivity index (χ1n) is 12.9. The number of methoxy groups -OCH3 is 1. The van der Waals surface area contributed by atoms with Crippen molar-refractivity contribution in [1.82, 2.24) is 0 Å². The minimum absolute atomic E-state index is 0.0500. The number of benzene rings is 2. The zero-order valence-corrected chi connectivity index (χ0v) is 21.2. The highest BCUT2D eigenvalue weighted by molar-refractivity contribution is 6.03. The molecule has 2 fully saturated rings. The summed E-state index contributed by atoms with van der Waals surface area (Å²) in [7, 11) is 1.58. The van der Waals surface area contributed by atoms with E-state index < -0.39 is 0 Å². The van der Waals surface area contributed by atoms with E-state index in [0.717, 1.165) is 48.9 Å². The first-order valence-corrected chi connectivity index (χ1v) is 12.9. The topological polar surface area (TPSA) is 80.5 Å². The Bertz CT molecular complexity index is 1130. The normalized spacial score (nSPS) is 30.5. The van der Waals surface area contributed by atoms with Crippen molar-refractivity contribution < 1.29 is 14.7 Å². The molecule has 186 valence electrons. The molecule has 5 rings (SSSR count). The van der Waals surface area contributed by atoms with Crippen LogP contribution in [0.5, 0.6) is 11.5 Å². The molecular formula is C29H36N2O4. The summed E-state index contributed by atoms with van der Waals surface area (Å²) in [6, 6.07) is 12.1. The van der Waals surface area contributed by atoms with Crippen LogP contribution in [0.3, 0.4) is 0 Å². The highest BCUT2D eigenvalue weighted by Crippen LogP contribution is 2.62. The molecular weight excluding hydrogens is 440 g/mol. The van der Waals surface area contributed by atoms with E-state index in [2.05, 4.69) is 55.4 Å². The Morgan fingerprint density at radius 3 is 2.60 bits per heavy atom. The van der Waals surface area contributed by atoms with E-state index in [4.69, 9.17) is 9.57 Å². The van der Waals surface area contributed by atoms with Gasteiger partial charge in [-0.1, -0.05) is 55.4 Å². The van der Waals surface area contributed by atoms with E-state index in [-0.39, 0.29) is 17.2 Å². The lowest BCUT2D eigenvalue weighted by Crippen LogP contribution is -2.44. The summed E-state index contributed by atoms with van der Waals surface area (Å²) in [6.45, 7) is 7.02. The maximum Gasteiger partial charge on any atom is 0.160 e. The Labute approximate surface area is 207 Å². The third-order valence-corrected chi connectivity index (χ3v) is 9.06. The van der Waals surface area contributed by atoms with Crippen molar-refractivity contribution in [1.29, 1.82) is 0 Å². The van der Waals surface area contributed by atoms with Crippen LogP contribution in [-0.4, -0.2) is 24.0 Å². The fourth-order valence-corrected chi connectivity index (χ4v) is 7.01. The van der Waals surface area contributed by atoms with Gasteiger partial charge < -0.3 is 14.7 Å². The predicted molar refractivity (Wildman–Crippen MR) is 137 cm³/mol. The zero-order chi connectivity index (χ0) is 24.7. The highest BCUT2D eigenvalue weighted by atomic mass is 16.6. The second-order valence-corrected chi connectivity index (χ2v) is 11.1. The molecule has 2 aromatic rings. The van der Waals surface area contributed by atoms with Crippen LogP contribution in [0.1, 0.15) is 87.0 Å². The van der Waals surface area contributed by atoms with Gasteiger partial charge in [-0.25, -0.2) is 0 Å². The molecule has 0 heterocycles. The molecule has 6 heteroatoms. The molecule has 0 radical (unpaired) electrons.